The van der Waals surface area contributed by atoms with Crippen LogP contribution in [0.5, 0.6) is 0 Å². The second-order valence-corrected chi connectivity index (χ2v) is 7.96. The number of rotatable bonds is 6. The largest absolute Gasteiger partial charge is 0.322 e. The second-order valence-electron chi connectivity index (χ2n) is 7.55. The Bertz CT molecular complexity index is 814. The first-order valence-electron chi connectivity index (χ1n) is 10.0. The van der Waals surface area contributed by atoms with Crippen LogP contribution >= 0.6 is 11.6 Å². The number of piperazine rings is 1. The smallest absolute Gasteiger partial charge is 0.282 e. The summed E-state index contributed by atoms with van der Waals surface area (Å²) in [6.07, 6.45) is 4.45. The number of nitrogens with one attached hydrogen (secondary N) is 3. The highest BCUT2D eigenvalue weighted by Gasteiger charge is 2.30. The van der Waals surface area contributed by atoms with Gasteiger partial charge in [-0.1, -0.05) is 54.1 Å². The van der Waals surface area contributed by atoms with Gasteiger partial charge in [0, 0.05) is 10.7 Å². The molecular formula is C23H30ClN3O+2. The van der Waals surface area contributed by atoms with Gasteiger partial charge >= 0.3 is 0 Å². The first-order chi connectivity index (χ1) is 13.5. The third-order valence-corrected chi connectivity index (χ3v) is 6.06. The summed E-state index contributed by atoms with van der Waals surface area (Å²) in [5, 5.41) is 3.73. The van der Waals surface area contributed by atoms with E-state index in [9.17, 15) is 4.79 Å². The van der Waals surface area contributed by atoms with Crippen molar-refractivity contribution < 1.29 is 14.6 Å². The zero-order valence-corrected chi connectivity index (χ0v) is 17.4. The minimum atomic E-state index is -0.0696. The van der Waals surface area contributed by atoms with Crippen molar-refractivity contribution in [2.45, 2.75) is 19.9 Å². The first-order valence-corrected chi connectivity index (χ1v) is 10.4. The summed E-state index contributed by atoms with van der Waals surface area (Å²) in [4.78, 5) is 15.6. The minimum Gasteiger partial charge on any atom is -0.322 e. The van der Waals surface area contributed by atoms with Crippen molar-refractivity contribution in [1.29, 1.82) is 0 Å². The maximum absolute atomic E-state index is 12.7. The van der Waals surface area contributed by atoms with E-state index < -0.39 is 0 Å². The third-order valence-electron chi connectivity index (χ3n) is 5.65. The summed E-state index contributed by atoms with van der Waals surface area (Å²) in [7, 11) is 0. The predicted molar refractivity (Wildman–Crippen MR) is 116 cm³/mol. The summed E-state index contributed by atoms with van der Waals surface area (Å²) in [6.45, 7) is 9.18. The molecule has 0 aromatic heterocycles. The molecule has 3 N–H and O–H groups in total. The summed E-state index contributed by atoms with van der Waals surface area (Å²) in [5.74, 6) is 0.0628. The number of amides is 1. The summed E-state index contributed by atoms with van der Waals surface area (Å²) in [5.41, 5.74) is 2.96. The lowest BCUT2D eigenvalue weighted by molar-refractivity contribution is -1.02. The maximum Gasteiger partial charge on any atom is 0.282 e. The van der Waals surface area contributed by atoms with Crippen molar-refractivity contribution in [2.75, 3.05) is 38.0 Å². The van der Waals surface area contributed by atoms with Crippen LogP contribution in [0.4, 0.5) is 5.69 Å². The average molecular weight is 400 g/mol. The van der Waals surface area contributed by atoms with E-state index in [1.165, 1.54) is 10.5 Å². The Morgan fingerprint density at radius 1 is 1.11 bits per heavy atom. The molecule has 1 aliphatic rings. The molecule has 5 heteroatoms. The summed E-state index contributed by atoms with van der Waals surface area (Å²) < 4.78 is 0. The van der Waals surface area contributed by atoms with Crippen molar-refractivity contribution >= 4 is 29.3 Å². The molecule has 2 aromatic rings. The van der Waals surface area contributed by atoms with Gasteiger partial charge in [0.05, 0.1) is 6.54 Å². The van der Waals surface area contributed by atoms with Crippen LogP contribution in [0.2, 0.25) is 5.02 Å². The molecule has 3 rings (SSSR count). The lowest BCUT2D eigenvalue weighted by Crippen LogP contribution is -3.29. The molecule has 0 unspecified atom stereocenters. The van der Waals surface area contributed by atoms with Crippen molar-refractivity contribution in [2.24, 2.45) is 0 Å². The number of carbonyl (C=O) groups excluding carboxylic acids is 1. The highest BCUT2D eigenvalue weighted by Crippen LogP contribution is 2.22. The van der Waals surface area contributed by atoms with E-state index >= 15 is 0 Å². The lowest BCUT2D eigenvalue weighted by atomic mass is 10.1. The molecule has 1 saturated heterocycles. The van der Waals surface area contributed by atoms with Gasteiger partial charge in [-0.25, -0.2) is 0 Å². The molecule has 148 valence electrons. The van der Waals surface area contributed by atoms with Gasteiger partial charge in [-0.05, 0) is 43.2 Å². The van der Waals surface area contributed by atoms with Crippen LogP contribution in [0.25, 0.3) is 6.08 Å². The number of hydrogen-bond acceptors (Lipinski definition) is 1. The monoisotopic (exact) mass is 399 g/mol. The average Bonchev–Trinajstić information content (AvgIpc) is 2.72. The van der Waals surface area contributed by atoms with Gasteiger partial charge in [0.25, 0.3) is 5.91 Å². The zero-order chi connectivity index (χ0) is 19.9. The Balaban J connectivity index is 1.46. The molecule has 4 nitrogen and oxygen atoms in total. The Morgan fingerprint density at radius 2 is 1.82 bits per heavy atom. The predicted octanol–water partition coefficient (Wildman–Crippen LogP) is 1.47. The SMILES string of the molecule is Cc1c(Cl)cccc1NC(=O)[C@@H](C)[NH+]1CC[NH+](C/C=C/c2ccccc2)CC1. The molecule has 1 aliphatic heterocycles. The highest BCUT2D eigenvalue weighted by atomic mass is 35.5. The fraction of sp³-hybridized carbons (Fsp3) is 0.348. The first kappa shape index (κ1) is 20.6. The Morgan fingerprint density at radius 3 is 2.54 bits per heavy atom. The number of quaternary nitrogens is 2. The molecule has 2 aromatic carbocycles. The van der Waals surface area contributed by atoms with Gasteiger partial charge in [0.1, 0.15) is 26.2 Å². The van der Waals surface area contributed by atoms with Crippen LogP contribution in [0.15, 0.2) is 54.6 Å². The van der Waals surface area contributed by atoms with E-state index in [2.05, 4.69) is 41.7 Å². The lowest BCUT2D eigenvalue weighted by Gasteiger charge is -2.32. The fourth-order valence-electron chi connectivity index (χ4n) is 3.66. The van der Waals surface area contributed by atoms with E-state index in [1.807, 2.05) is 38.1 Å². The molecule has 0 aliphatic carbocycles. The topological polar surface area (TPSA) is 38.0 Å². The van der Waals surface area contributed by atoms with E-state index in [0.717, 1.165) is 44.0 Å². The maximum atomic E-state index is 12.7. The van der Waals surface area contributed by atoms with E-state index in [0.29, 0.717) is 5.02 Å². The Labute approximate surface area is 172 Å². The van der Waals surface area contributed by atoms with Gasteiger partial charge < -0.3 is 15.1 Å². The number of benzene rings is 2. The normalized spacial score (nSPS) is 20.8. The van der Waals surface area contributed by atoms with Crippen molar-refractivity contribution in [3.8, 4) is 0 Å². The van der Waals surface area contributed by atoms with Gasteiger partial charge in [-0.2, -0.15) is 0 Å². The summed E-state index contributed by atoms with van der Waals surface area (Å²) >= 11 is 6.16. The molecular weight excluding hydrogens is 370 g/mol. The zero-order valence-electron chi connectivity index (χ0n) is 16.7. The standard InChI is InChI=1S/C23H28ClN3O/c1-18-21(24)11-6-12-22(18)25-23(28)19(2)27-16-14-26(15-17-27)13-7-10-20-8-4-3-5-9-20/h3-12,19H,13-17H2,1-2H3,(H,25,28)/p+2/b10-7+/t19-/m1/s1. The molecule has 0 spiro atoms. The molecule has 1 amide bonds. The van der Waals surface area contributed by atoms with Crippen molar-refractivity contribution in [3.05, 3.63) is 70.8 Å². The van der Waals surface area contributed by atoms with E-state index in [-0.39, 0.29) is 11.9 Å². The van der Waals surface area contributed by atoms with Crippen molar-refractivity contribution in [1.82, 2.24) is 0 Å². The Hall–Kier alpha value is -2.14. The van der Waals surface area contributed by atoms with Gasteiger partial charge in [-0.15, -0.1) is 0 Å². The molecule has 0 radical (unpaired) electrons. The van der Waals surface area contributed by atoms with Gasteiger partial charge in [-0.3, -0.25) is 4.79 Å². The fourth-order valence-corrected chi connectivity index (χ4v) is 3.83. The van der Waals surface area contributed by atoms with Crippen LogP contribution in [-0.2, 0) is 4.79 Å². The molecule has 28 heavy (non-hydrogen) atoms. The van der Waals surface area contributed by atoms with Crippen molar-refractivity contribution in [3.63, 3.8) is 0 Å². The Kier molecular flexibility index (Phi) is 7.26. The molecule has 1 fully saturated rings. The molecule has 0 saturated carbocycles. The molecule has 1 atom stereocenters. The minimum absolute atomic E-state index is 0.0628. The molecule has 1 heterocycles. The van der Waals surface area contributed by atoms with Crippen LogP contribution < -0.4 is 15.1 Å². The summed E-state index contributed by atoms with van der Waals surface area (Å²) in [6, 6.07) is 15.9. The van der Waals surface area contributed by atoms with Crippen LogP contribution in [-0.4, -0.2) is 44.7 Å². The van der Waals surface area contributed by atoms with Crippen LogP contribution in [0.1, 0.15) is 18.1 Å². The number of hydrogen-bond donors (Lipinski definition) is 3. The molecule has 0 bridgehead atoms. The van der Waals surface area contributed by atoms with Crippen LogP contribution in [0.3, 0.4) is 0 Å². The third kappa shape index (κ3) is 5.44. The number of carbonyl (C=O) groups is 1. The van der Waals surface area contributed by atoms with Gasteiger partial charge in [0.15, 0.2) is 6.04 Å². The second kappa shape index (κ2) is 9.87. The van der Waals surface area contributed by atoms with E-state index in [4.69, 9.17) is 11.6 Å². The number of anilines is 1. The number of halogens is 1. The van der Waals surface area contributed by atoms with Gasteiger partial charge in [0.2, 0.25) is 0 Å². The van der Waals surface area contributed by atoms with E-state index in [1.54, 1.807) is 4.90 Å². The quantitative estimate of drug-likeness (QED) is 0.676. The highest BCUT2D eigenvalue weighted by molar-refractivity contribution is 6.31. The van der Waals surface area contributed by atoms with Crippen LogP contribution in [0, 0.1) is 6.92 Å².